The van der Waals surface area contributed by atoms with Crippen LogP contribution in [0.15, 0.2) is 6.33 Å². The van der Waals surface area contributed by atoms with Gasteiger partial charge in [-0.15, -0.1) is 0 Å². The van der Waals surface area contributed by atoms with Crippen molar-refractivity contribution in [3.05, 3.63) is 11.5 Å². The van der Waals surface area contributed by atoms with E-state index < -0.39 is 54.7 Å². The lowest BCUT2D eigenvalue weighted by molar-refractivity contribution is -0.132. The van der Waals surface area contributed by atoms with Gasteiger partial charge in [-0.25, -0.2) is 18.7 Å². The van der Waals surface area contributed by atoms with Gasteiger partial charge in [0.25, 0.3) is 0 Å². The highest BCUT2D eigenvalue weighted by Gasteiger charge is 2.45. The zero-order valence-electron chi connectivity index (χ0n) is 15.7. The van der Waals surface area contributed by atoms with E-state index in [-0.39, 0.29) is 5.95 Å². The standard InChI is InChI=1S/C5H4ClN5.C5H13O14P3/c6-3-2-4(9-1-8-2)11-5(7)10-3;6-3-2(17-5(8)4(3)7)1-16-21(12,13)19-22(14,15)18-20(9,10)11/h1H,(H3,7,8,9,10,11);2-8H,1H2,(H,12,13)(H,14,15)(H2,9,10,11)/t;2-,3-,4-,5?/m.1/s1. The number of imidazole rings is 1. The van der Waals surface area contributed by atoms with Gasteiger partial charge in [0.2, 0.25) is 5.95 Å². The van der Waals surface area contributed by atoms with E-state index in [2.05, 4.69) is 37.8 Å². The molecule has 23 heteroatoms. The number of nitrogen functional groups attached to an aromatic ring is 1. The predicted octanol–water partition coefficient (Wildman–Crippen LogP) is -1.64. The van der Waals surface area contributed by atoms with E-state index in [9.17, 15) is 18.8 Å². The first-order valence-electron chi connectivity index (χ1n) is 8.10. The first kappa shape index (κ1) is 28.1. The molecule has 3 unspecified atom stereocenters. The van der Waals surface area contributed by atoms with E-state index in [1.54, 1.807) is 0 Å². The molecule has 0 amide bonds. The number of phosphoric acid groups is 3. The molecule has 3 rings (SSSR count). The van der Waals surface area contributed by atoms with Gasteiger partial charge in [0, 0.05) is 0 Å². The molecule has 0 radical (unpaired) electrons. The van der Waals surface area contributed by atoms with Gasteiger partial charge in [-0.2, -0.15) is 18.6 Å². The molecule has 6 atom stereocenters. The van der Waals surface area contributed by atoms with Crippen LogP contribution < -0.4 is 5.73 Å². The molecular weight excluding hydrogens is 543 g/mol. The number of aromatic nitrogens is 4. The quantitative estimate of drug-likeness (QED) is 0.135. The Balaban J connectivity index is 0.000000288. The van der Waals surface area contributed by atoms with Crippen LogP contribution in [-0.2, 0) is 31.6 Å². The fourth-order valence-corrected chi connectivity index (χ4v) is 5.41. The van der Waals surface area contributed by atoms with Crippen molar-refractivity contribution in [1.29, 1.82) is 0 Å². The summed E-state index contributed by atoms with van der Waals surface area (Å²) in [5, 5.41) is 27.8. The molecule has 33 heavy (non-hydrogen) atoms. The zero-order chi connectivity index (χ0) is 25.2. The number of hydrogen-bond acceptors (Lipinski definition) is 14. The topological polar surface area (TPSA) is 310 Å². The van der Waals surface area contributed by atoms with Gasteiger partial charge in [-0.1, -0.05) is 11.6 Å². The number of aliphatic hydroxyl groups excluding tert-OH is 3. The van der Waals surface area contributed by atoms with E-state index >= 15 is 0 Å². The summed E-state index contributed by atoms with van der Waals surface area (Å²) in [6, 6.07) is 0. The third-order valence-corrected chi connectivity index (χ3v) is 7.49. The van der Waals surface area contributed by atoms with Gasteiger partial charge in [0.1, 0.15) is 23.8 Å². The molecule has 0 saturated carbocycles. The second kappa shape index (κ2) is 10.7. The third kappa shape index (κ3) is 8.56. The average molecular weight is 560 g/mol. The van der Waals surface area contributed by atoms with Crippen LogP contribution in [0.1, 0.15) is 0 Å². The fourth-order valence-electron chi connectivity index (χ4n) is 2.15. The van der Waals surface area contributed by atoms with Crippen LogP contribution >= 0.6 is 35.1 Å². The van der Waals surface area contributed by atoms with Crippen LogP contribution in [0, 0.1) is 0 Å². The molecule has 1 saturated heterocycles. The molecule has 0 aromatic carbocycles. The van der Waals surface area contributed by atoms with Gasteiger partial charge in [-0.05, 0) is 0 Å². The highest BCUT2D eigenvalue weighted by Crippen LogP contribution is 2.66. The van der Waals surface area contributed by atoms with Crippen molar-refractivity contribution >= 4 is 52.2 Å². The first-order valence-corrected chi connectivity index (χ1v) is 13.0. The number of aromatic amines is 1. The van der Waals surface area contributed by atoms with Crippen molar-refractivity contribution in [1.82, 2.24) is 19.9 Å². The number of anilines is 1. The number of H-pyrrole nitrogens is 1. The van der Waals surface area contributed by atoms with Gasteiger partial charge in [0.05, 0.1) is 12.9 Å². The Labute approximate surface area is 187 Å². The summed E-state index contributed by atoms with van der Waals surface area (Å²) >= 11 is 5.70. The van der Waals surface area contributed by atoms with Crippen molar-refractivity contribution in [2.24, 2.45) is 0 Å². The summed E-state index contributed by atoms with van der Waals surface area (Å²) in [7, 11) is -16.5. The number of ether oxygens (including phenoxy) is 1. The summed E-state index contributed by atoms with van der Waals surface area (Å²) in [5.74, 6) is 0.134. The van der Waals surface area contributed by atoms with Crippen LogP contribution in [0.2, 0.25) is 5.15 Å². The maximum absolute atomic E-state index is 11.3. The van der Waals surface area contributed by atoms with E-state index in [4.69, 9.17) is 47.1 Å². The Bertz CT molecular complexity index is 1110. The number of halogens is 1. The SMILES string of the molecule is Nc1nc(Cl)c2[nH]cnc2n1.O=P(O)(O)OP(=O)(O)OP(=O)(O)OC[C@H]1OC(O)[C@H](O)[C@@H]1O. The lowest BCUT2D eigenvalue weighted by atomic mass is 10.1. The van der Waals surface area contributed by atoms with Crippen LogP contribution in [0.5, 0.6) is 0 Å². The molecule has 2 aromatic rings. The summed E-state index contributed by atoms with van der Waals surface area (Å²) in [6.07, 6.45) is -5.18. The number of fused-ring (bicyclic) bond motifs is 1. The van der Waals surface area contributed by atoms with Crippen molar-refractivity contribution in [2.45, 2.75) is 24.6 Å². The van der Waals surface area contributed by atoms with E-state index in [0.717, 1.165) is 0 Å². The highest BCUT2D eigenvalue weighted by molar-refractivity contribution is 7.66. The Morgan fingerprint density at radius 2 is 1.70 bits per heavy atom. The lowest BCUT2D eigenvalue weighted by Gasteiger charge is -2.18. The van der Waals surface area contributed by atoms with Crippen molar-refractivity contribution in [3.63, 3.8) is 0 Å². The van der Waals surface area contributed by atoms with Crippen LogP contribution in [0.25, 0.3) is 11.2 Å². The van der Waals surface area contributed by atoms with E-state index in [0.29, 0.717) is 16.3 Å². The van der Waals surface area contributed by atoms with E-state index in [1.165, 1.54) is 6.33 Å². The molecule has 0 bridgehead atoms. The normalized spacial score (nSPS) is 26.9. The highest BCUT2D eigenvalue weighted by atomic mass is 35.5. The number of aliphatic hydroxyl groups is 3. The van der Waals surface area contributed by atoms with Gasteiger partial charge >= 0.3 is 23.5 Å². The fraction of sp³-hybridized carbons (Fsp3) is 0.500. The molecule has 0 aliphatic carbocycles. The molecule has 1 aliphatic rings. The number of hydrogen-bond donors (Lipinski definition) is 9. The molecule has 0 spiro atoms. The Hall–Kier alpha value is -1.11. The van der Waals surface area contributed by atoms with Gasteiger partial charge in [0.15, 0.2) is 17.1 Å². The Morgan fingerprint density at radius 1 is 1.06 bits per heavy atom. The first-order chi connectivity index (χ1) is 15.0. The third-order valence-electron chi connectivity index (χ3n) is 3.41. The number of nitrogens with two attached hydrogens (primary N) is 1. The Kier molecular flexibility index (Phi) is 9.08. The minimum Gasteiger partial charge on any atom is -0.387 e. The van der Waals surface area contributed by atoms with Crippen LogP contribution in [-0.4, -0.2) is 86.0 Å². The second-order valence-corrected chi connectivity index (χ2v) is 10.7. The van der Waals surface area contributed by atoms with Crippen molar-refractivity contribution in [2.75, 3.05) is 12.3 Å². The minimum absolute atomic E-state index is 0.134. The number of nitrogens with one attached hydrogen (secondary N) is 1. The molecular formula is C10H17ClN5O14P3. The van der Waals surface area contributed by atoms with Crippen molar-refractivity contribution in [3.8, 4) is 0 Å². The molecule has 10 N–H and O–H groups in total. The molecule has 2 aromatic heterocycles. The zero-order valence-corrected chi connectivity index (χ0v) is 19.2. The van der Waals surface area contributed by atoms with Gasteiger partial charge in [-0.3, -0.25) is 4.52 Å². The maximum atomic E-state index is 11.3. The predicted molar refractivity (Wildman–Crippen MR) is 104 cm³/mol. The molecule has 3 heterocycles. The van der Waals surface area contributed by atoms with E-state index in [1.807, 2.05) is 0 Å². The molecule has 1 fully saturated rings. The molecule has 1 aliphatic heterocycles. The second-order valence-electron chi connectivity index (χ2n) is 5.91. The van der Waals surface area contributed by atoms with Crippen molar-refractivity contribution < 1.29 is 66.5 Å². The summed E-state index contributed by atoms with van der Waals surface area (Å²) < 4.78 is 48.3. The Morgan fingerprint density at radius 3 is 2.24 bits per heavy atom. The van der Waals surface area contributed by atoms with Crippen LogP contribution in [0.3, 0.4) is 0 Å². The lowest BCUT2D eigenvalue weighted by Crippen LogP contribution is -2.34. The van der Waals surface area contributed by atoms with Gasteiger partial charge < -0.3 is 50.3 Å². The van der Waals surface area contributed by atoms with Crippen LogP contribution in [0.4, 0.5) is 5.95 Å². The molecule has 188 valence electrons. The number of phosphoric ester groups is 1. The smallest absolute Gasteiger partial charge is 0.387 e. The number of rotatable bonds is 7. The summed E-state index contributed by atoms with van der Waals surface area (Å²) in [4.78, 5) is 48.8. The summed E-state index contributed by atoms with van der Waals surface area (Å²) in [6.45, 7) is -0.973. The average Bonchev–Trinajstić information content (AvgIpc) is 3.18. The monoisotopic (exact) mass is 559 g/mol. The maximum Gasteiger partial charge on any atom is 0.490 e. The number of nitrogens with zero attached hydrogens (tertiary/aromatic N) is 3. The summed E-state index contributed by atoms with van der Waals surface area (Å²) in [5.41, 5.74) is 6.42. The largest absolute Gasteiger partial charge is 0.490 e. The minimum atomic E-state index is -5.64. The molecule has 19 nitrogen and oxygen atoms in total.